The summed E-state index contributed by atoms with van der Waals surface area (Å²) in [4.78, 5) is 15.2. The summed E-state index contributed by atoms with van der Waals surface area (Å²) < 4.78 is 5.27. The number of methoxy groups -OCH3 is 1. The minimum atomic E-state index is -0.222. The van der Waals surface area contributed by atoms with Gasteiger partial charge >= 0.3 is 0 Å². The van der Waals surface area contributed by atoms with Crippen molar-refractivity contribution in [1.82, 2.24) is 10.2 Å². The van der Waals surface area contributed by atoms with Crippen LogP contribution in [0.4, 0.5) is 0 Å². The molecule has 3 fully saturated rings. The van der Waals surface area contributed by atoms with E-state index in [-0.39, 0.29) is 11.7 Å². The SMILES string of the molecule is COCC(C)CN1C(=O)C2(CCCC2)NC1C1CCCC1. The zero-order valence-corrected chi connectivity index (χ0v) is 13.6. The molecule has 1 amide bonds. The fourth-order valence-electron chi connectivity index (χ4n) is 4.68. The zero-order chi connectivity index (χ0) is 14.9. The summed E-state index contributed by atoms with van der Waals surface area (Å²) in [6, 6.07) is 0. The molecule has 3 rings (SSSR count). The Balaban J connectivity index is 1.76. The molecule has 120 valence electrons. The lowest BCUT2D eigenvalue weighted by molar-refractivity contribution is -0.134. The molecule has 1 spiro atoms. The van der Waals surface area contributed by atoms with Crippen molar-refractivity contribution in [3.8, 4) is 0 Å². The van der Waals surface area contributed by atoms with Crippen LogP contribution in [0.1, 0.15) is 58.3 Å². The number of amides is 1. The van der Waals surface area contributed by atoms with Crippen LogP contribution in [0.25, 0.3) is 0 Å². The Morgan fingerprint density at radius 3 is 2.57 bits per heavy atom. The fraction of sp³-hybridized carbons (Fsp3) is 0.941. The van der Waals surface area contributed by atoms with Crippen LogP contribution in [0.3, 0.4) is 0 Å². The normalized spacial score (nSPS) is 30.7. The molecule has 1 N–H and O–H groups in total. The molecule has 0 aromatic rings. The van der Waals surface area contributed by atoms with Gasteiger partial charge in [0.25, 0.3) is 0 Å². The molecule has 2 saturated carbocycles. The molecule has 4 heteroatoms. The third-order valence-corrected chi connectivity index (χ3v) is 5.69. The number of carbonyl (C=O) groups is 1. The van der Waals surface area contributed by atoms with E-state index in [4.69, 9.17) is 4.74 Å². The quantitative estimate of drug-likeness (QED) is 0.847. The number of nitrogens with zero attached hydrogens (tertiary/aromatic N) is 1. The van der Waals surface area contributed by atoms with Gasteiger partial charge in [-0.2, -0.15) is 0 Å². The lowest BCUT2D eigenvalue weighted by atomic mass is 9.97. The average molecular weight is 294 g/mol. The van der Waals surface area contributed by atoms with Crippen LogP contribution in [0, 0.1) is 11.8 Å². The van der Waals surface area contributed by atoms with Crippen molar-refractivity contribution >= 4 is 5.91 Å². The lowest BCUT2D eigenvalue weighted by Gasteiger charge is -2.30. The van der Waals surface area contributed by atoms with Gasteiger partial charge < -0.3 is 9.64 Å². The summed E-state index contributed by atoms with van der Waals surface area (Å²) in [7, 11) is 1.74. The summed E-state index contributed by atoms with van der Waals surface area (Å²) in [6.45, 7) is 3.75. The van der Waals surface area contributed by atoms with Crippen molar-refractivity contribution in [2.45, 2.75) is 70.0 Å². The van der Waals surface area contributed by atoms with E-state index in [1.54, 1.807) is 7.11 Å². The van der Waals surface area contributed by atoms with Crippen LogP contribution < -0.4 is 5.32 Å². The van der Waals surface area contributed by atoms with Gasteiger partial charge in [0.2, 0.25) is 5.91 Å². The molecule has 2 unspecified atom stereocenters. The van der Waals surface area contributed by atoms with Crippen molar-refractivity contribution in [3.63, 3.8) is 0 Å². The molecule has 0 radical (unpaired) electrons. The van der Waals surface area contributed by atoms with E-state index in [0.29, 0.717) is 17.7 Å². The Morgan fingerprint density at radius 1 is 1.29 bits per heavy atom. The molecule has 0 aromatic carbocycles. The number of ether oxygens (including phenoxy) is 1. The minimum Gasteiger partial charge on any atom is -0.384 e. The fourth-order valence-corrected chi connectivity index (χ4v) is 4.68. The third kappa shape index (κ3) is 2.85. The topological polar surface area (TPSA) is 41.6 Å². The summed E-state index contributed by atoms with van der Waals surface area (Å²) in [5.74, 6) is 1.43. The summed E-state index contributed by atoms with van der Waals surface area (Å²) in [5, 5.41) is 3.79. The first-order chi connectivity index (χ1) is 10.2. The Morgan fingerprint density at radius 2 is 1.95 bits per heavy atom. The predicted octanol–water partition coefficient (Wildman–Crippen LogP) is 2.53. The maximum atomic E-state index is 13.1. The first kappa shape index (κ1) is 15.3. The van der Waals surface area contributed by atoms with E-state index in [1.165, 1.54) is 38.5 Å². The number of carbonyl (C=O) groups excluding carboxylic acids is 1. The number of rotatable bonds is 5. The van der Waals surface area contributed by atoms with E-state index in [0.717, 1.165) is 26.0 Å². The monoisotopic (exact) mass is 294 g/mol. The van der Waals surface area contributed by atoms with Crippen molar-refractivity contribution < 1.29 is 9.53 Å². The van der Waals surface area contributed by atoms with E-state index < -0.39 is 0 Å². The number of nitrogens with one attached hydrogen (secondary N) is 1. The highest BCUT2D eigenvalue weighted by Crippen LogP contribution is 2.41. The second kappa shape index (κ2) is 6.25. The second-order valence-corrected chi connectivity index (χ2v) is 7.44. The molecular formula is C17H30N2O2. The first-order valence-electron chi connectivity index (χ1n) is 8.74. The molecular weight excluding hydrogens is 264 g/mol. The smallest absolute Gasteiger partial charge is 0.244 e. The third-order valence-electron chi connectivity index (χ3n) is 5.69. The Bertz CT molecular complexity index is 373. The zero-order valence-electron chi connectivity index (χ0n) is 13.6. The number of hydrogen-bond donors (Lipinski definition) is 1. The van der Waals surface area contributed by atoms with Crippen LogP contribution in [-0.4, -0.2) is 42.8 Å². The molecule has 2 aliphatic carbocycles. The maximum Gasteiger partial charge on any atom is 0.244 e. The molecule has 21 heavy (non-hydrogen) atoms. The Hall–Kier alpha value is -0.610. The van der Waals surface area contributed by atoms with E-state index >= 15 is 0 Å². The van der Waals surface area contributed by atoms with Crippen LogP contribution >= 0.6 is 0 Å². The average Bonchev–Trinajstić information content (AvgIpc) is 3.17. The molecule has 0 aromatic heterocycles. The van der Waals surface area contributed by atoms with Gasteiger partial charge in [-0.3, -0.25) is 10.1 Å². The van der Waals surface area contributed by atoms with Gasteiger partial charge in [-0.05, 0) is 37.5 Å². The highest BCUT2D eigenvalue weighted by atomic mass is 16.5. The van der Waals surface area contributed by atoms with E-state index in [2.05, 4.69) is 17.1 Å². The van der Waals surface area contributed by atoms with Crippen molar-refractivity contribution in [2.24, 2.45) is 11.8 Å². The van der Waals surface area contributed by atoms with Crippen LogP contribution in [0.5, 0.6) is 0 Å². The van der Waals surface area contributed by atoms with Gasteiger partial charge in [0, 0.05) is 13.7 Å². The number of hydrogen-bond acceptors (Lipinski definition) is 3. The Labute approximate surface area is 128 Å². The largest absolute Gasteiger partial charge is 0.384 e. The molecule has 2 atom stereocenters. The second-order valence-electron chi connectivity index (χ2n) is 7.44. The molecule has 1 aliphatic heterocycles. The summed E-state index contributed by atoms with van der Waals surface area (Å²) >= 11 is 0. The molecule has 0 bridgehead atoms. The summed E-state index contributed by atoms with van der Waals surface area (Å²) in [5.41, 5.74) is -0.222. The van der Waals surface area contributed by atoms with Crippen molar-refractivity contribution in [2.75, 3.05) is 20.3 Å². The minimum absolute atomic E-state index is 0.222. The summed E-state index contributed by atoms with van der Waals surface area (Å²) in [6.07, 6.45) is 9.92. The predicted molar refractivity (Wildman–Crippen MR) is 82.8 cm³/mol. The van der Waals surface area contributed by atoms with Gasteiger partial charge in [0.05, 0.1) is 18.3 Å². The van der Waals surface area contributed by atoms with E-state index in [1.807, 2.05) is 0 Å². The van der Waals surface area contributed by atoms with Crippen molar-refractivity contribution in [3.05, 3.63) is 0 Å². The molecule has 1 heterocycles. The van der Waals surface area contributed by atoms with E-state index in [9.17, 15) is 4.79 Å². The molecule has 4 nitrogen and oxygen atoms in total. The van der Waals surface area contributed by atoms with Crippen LogP contribution in [0.15, 0.2) is 0 Å². The van der Waals surface area contributed by atoms with Crippen LogP contribution in [-0.2, 0) is 9.53 Å². The lowest BCUT2D eigenvalue weighted by Crippen LogP contribution is -2.46. The van der Waals surface area contributed by atoms with Crippen molar-refractivity contribution in [1.29, 1.82) is 0 Å². The highest BCUT2D eigenvalue weighted by molar-refractivity contribution is 5.89. The molecule has 1 saturated heterocycles. The first-order valence-corrected chi connectivity index (χ1v) is 8.74. The standard InChI is InChI=1S/C17H30N2O2/c1-13(12-21-2)11-19-15(14-7-3-4-8-14)18-17(16(19)20)9-5-6-10-17/h13-15,18H,3-12H2,1-2H3. The maximum absolute atomic E-state index is 13.1. The molecule has 3 aliphatic rings. The van der Waals surface area contributed by atoms with Gasteiger partial charge in [0.1, 0.15) is 0 Å². The van der Waals surface area contributed by atoms with Gasteiger partial charge in [-0.25, -0.2) is 0 Å². The highest BCUT2D eigenvalue weighted by Gasteiger charge is 2.54. The Kier molecular flexibility index (Phi) is 4.55. The van der Waals surface area contributed by atoms with Gasteiger partial charge in [-0.1, -0.05) is 32.6 Å². The van der Waals surface area contributed by atoms with Gasteiger partial charge in [-0.15, -0.1) is 0 Å². The van der Waals surface area contributed by atoms with Gasteiger partial charge in [0.15, 0.2) is 0 Å². The van der Waals surface area contributed by atoms with Crippen LogP contribution in [0.2, 0.25) is 0 Å².